The molecule has 0 saturated heterocycles. The maximum absolute atomic E-state index is 13.3. The Balaban J connectivity index is 1.80. The second kappa shape index (κ2) is 7.97. The van der Waals surface area contributed by atoms with Gasteiger partial charge < -0.3 is 19.3 Å². The summed E-state index contributed by atoms with van der Waals surface area (Å²) < 4.78 is 15.9. The summed E-state index contributed by atoms with van der Waals surface area (Å²) in [6.07, 6.45) is 0. The highest BCUT2D eigenvalue weighted by Gasteiger charge is 2.21. The van der Waals surface area contributed by atoms with Gasteiger partial charge in [-0.15, -0.1) is 11.3 Å². The summed E-state index contributed by atoms with van der Waals surface area (Å²) >= 11 is 7.82. The number of carbonyl (C=O) groups is 1. The maximum atomic E-state index is 13.3. The number of benzene rings is 1. The number of hydrogen-bond acceptors (Lipinski definition) is 7. The van der Waals surface area contributed by atoms with Crippen molar-refractivity contribution in [1.29, 1.82) is 0 Å². The maximum Gasteiger partial charge on any atom is 0.259 e. The number of hydrogen-bond donors (Lipinski definition) is 1. The van der Waals surface area contributed by atoms with E-state index in [1.54, 1.807) is 36.5 Å². The van der Waals surface area contributed by atoms with Crippen LogP contribution in [-0.4, -0.2) is 30.3 Å². The predicted molar refractivity (Wildman–Crippen MR) is 117 cm³/mol. The van der Waals surface area contributed by atoms with E-state index in [1.807, 2.05) is 19.1 Å². The molecule has 0 atom stereocenters. The zero-order valence-corrected chi connectivity index (χ0v) is 18.3. The van der Waals surface area contributed by atoms with Crippen molar-refractivity contribution in [2.75, 3.05) is 19.5 Å². The van der Waals surface area contributed by atoms with E-state index < -0.39 is 0 Å². The molecule has 0 bridgehead atoms. The number of nitrogens with one attached hydrogen (secondary N) is 1. The number of anilines is 1. The molecule has 9 heteroatoms. The molecule has 0 aliphatic heterocycles. The van der Waals surface area contributed by atoms with Crippen LogP contribution < -0.4 is 14.8 Å². The van der Waals surface area contributed by atoms with E-state index >= 15 is 0 Å². The highest BCUT2D eigenvalue weighted by molar-refractivity contribution is 7.15. The normalized spacial score (nSPS) is 11.0. The molecular formula is C21H18ClN3O4S. The standard InChI is InChI=1S/C21H18ClN3O4S/c1-10-5-6-18(30-10)15-7-12(19-11(2)25-29-21(19)24-15)20(26)23-14-8-13(22)16(27-3)9-17(14)28-4/h5-9H,1-4H3,(H,23,26). The first kappa shape index (κ1) is 20.2. The number of pyridine rings is 1. The van der Waals surface area contributed by atoms with E-state index in [1.165, 1.54) is 14.2 Å². The minimum absolute atomic E-state index is 0.306. The number of rotatable bonds is 5. The summed E-state index contributed by atoms with van der Waals surface area (Å²) in [6.45, 7) is 3.78. The lowest BCUT2D eigenvalue weighted by molar-refractivity contribution is 0.102. The molecule has 0 aliphatic carbocycles. The minimum atomic E-state index is -0.359. The molecule has 4 aromatic rings. The Morgan fingerprint density at radius 2 is 1.90 bits per heavy atom. The van der Waals surface area contributed by atoms with Gasteiger partial charge in [-0.1, -0.05) is 16.8 Å². The Morgan fingerprint density at radius 1 is 1.13 bits per heavy atom. The fourth-order valence-electron chi connectivity index (χ4n) is 3.12. The van der Waals surface area contributed by atoms with E-state index in [0.717, 1.165) is 9.75 Å². The summed E-state index contributed by atoms with van der Waals surface area (Å²) in [6, 6.07) is 8.90. The first-order chi connectivity index (χ1) is 14.4. The molecule has 3 aromatic heterocycles. The molecule has 1 N–H and O–H groups in total. The summed E-state index contributed by atoms with van der Waals surface area (Å²) in [5, 5.41) is 7.75. The molecule has 1 aromatic carbocycles. The Labute approximate surface area is 181 Å². The third-order valence-electron chi connectivity index (χ3n) is 4.58. The quantitative estimate of drug-likeness (QED) is 0.438. The zero-order valence-electron chi connectivity index (χ0n) is 16.7. The third kappa shape index (κ3) is 3.59. The Morgan fingerprint density at radius 3 is 2.57 bits per heavy atom. The number of thiophene rings is 1. The van der Waals surface area contributed by atoms with Gasteiger partial charge in [-0.3, -0.25) is 4.79 Å². The highest BCUT2D eigenvalue weighted by Crippen LogP contribution is 2.37. The van der Waals surface area contributed by atoms with Crippen molar-refractivity contribution < 1.29 is 18.8 Å². The van der Waals surface area contributed by atoms with Crippen LogP contribution in [0.3, 0.4) is 0 Å². The van der Waals surface area contributed by atoms with Crippen molar-refractivity contribution in [3.05, 3.63) is 51.5 Å². The van der Waals surface area contributed by atoms with Gasteiger partial charge in [0.2, 0.25) is 0 Å². The van der Waals surface area contributed by atoms with Gasteiger partial charge in [0.1, 0.15) is 11.5 Å². The third-order valence-corrected chi connectivity index (χ3v) is 5.90. The van der Waals surface area contributed by atoms with Crippen LogP contribution >= 0.6 is 22.9 Å². The Bertz CT molecular complexity index is 1260. The number of aryl methyl sites for hydroxylation is 2. The number of ether oxygens (including phenoxy) is 2. The number of nitrogens with zero attached hydrogens (tertiary/aromatic N) is 2. The van der Waals surface area contributed by atoms with Gasteiger partial charge in [0.05, 0.1) is 52.1 Å². The van der Waals surface area contributed by atoms with Crippen LogP contribution in [0.25, 0.3) is 21.7 Å². The Hall–Kier alpha value is -3.10. The highest BCUT2D eigenvalue weighted by atomic mass is 35.5. The number of halogens is 1. The number of carbonyl (C=O) groups excluding carboxylic acids is 1. The molecule has 30 heavy (non-hydrogen) atoms. The van der Waals surface area contributed by atoms with Crippen molar-refractivity contribution in [2.24, 2.45) is 0 Å². The van der Waals surface area contributed by atoms with Gasteiger partial charge in [-0.25, -0.2) is 4.98 Å². The number of amides is 1. The summed E-state index contributed by atoms with van der Waals surface area (Å²) in [5.74, 6) is 0.511. The second-order valence-corrected chi connectivity index (χ2v) is 8.25. The predicted octanol–water partition coefficient (Wildman–Crippen LogP) is 5.49. The van der Waals surface area contributed by atoms with Crippen LogP contribution in [0.4, 0.5) is 5.69 Å². The molecule has 0 saturated carbocycles. The van der Waals surface area contributed by atoms with Gasteiger partial charge in [0.25, 0.3) is 11.6 Å². The van der Waals surface area contributed by atoms with E-state index in [-0.39, 0.29) is 5.91 Å². The van der Waals surface area contributed by atoms with Crippen LogP contribution in [0.5, 0.6) is 11.5 Å². The fourth-order valence-corrected chi connectivity index (χ4v) is 4.19. The van der Waals surface area contributed by atoms with Gasteiger partial charge in [0, 0.05) is 10.9 Å². The molecule has 154 valence electrons. The molecule has 0 radical (unpaired) electrons. The lowest BCUT2D eigenvalue weighted by atomic mass is 10.1. The molecule has 1 amide bonds. The molecule has 7 nitrogen and oxygen atoms in total. The number of aromatic nitrogens is 2. The van der Waals surface area contributed by atoms with Gasteiger partial charge >= 0.3 is 0 Å². The van der Waals surface area contributed by atoms with Crippen molar-refractivity contribution in [3.8, 4) is 22.1 Å². The van der Waals surface area contributed by atoms with Crippen LogP contribution in [-0.2, 0) is 0 Å². The van der Waals surface area contributed by atoms with Crippen LogP contribution in [0.2, 0.25) is 5.02 Å². The number of fused-ring (bicyclic) bond motifs is 1. The Kier molecular flexibility index (Phi) is 5.36. The molecule has 0 unspecified atom stereocenters. The van der Waals surface area contributed by atoms with Gasteiger partial charge in [0.15, 0.2) is 0 Å². The molecule has 3 heterocycles. The largest absolute Gasteiger partial charge is 0.495 e. The van der Waals surface area contributed by atoms with E-state index in [9.17, 15) is 4.79 Å². The van der Waals surface area contributed by atoms with E-state index in [2.05, 4.69) is 15.5 Å². The summed E-state index contributed by atoms with van der Waals surface area (Å²) in [5.41, 5.74) is 2.34. The lowest BCUT2D eigenvalue weighted by Gasteiger charge is -2.13. The summed E-state index contributed by atoms with van der Waals surface area (Å²) in [7, 11) is 3.01. The average Bonchev–Trinajstić information content (AvgIpc) is 3.33. The zero-order chi connectivity index (χ0) is 21.4. The van der Waals surface area contributed by atoms with Crippen molar-refractivity contribution in [1.82, 2.24) is 10.1 Å². The van der Waals surface area contributed by atoms with E-state index in [0.29, 0.717) is 50.3 Å². The first-order valence-electron chi connectivity index (χ1n) is 8.98. The SMILES string of the molecule is COc1cc(OC)c(NC(=O)c2cc(-c3ccc(C)s3)nc3onc(C)c23)cc1Cl. The smallest absolute Gasteiger partial charge is 0.259 e. The first-order valence-corrected chi connectivity index (χ1v) is 10.2. The molecule has 0 aliphatic rings. The van der Waals surface area contributed by atoms with Gasteiger partial charge in [-0.05, 0) is 38.1 Å². The topological polar surface area (TPSA) is 86.5 Å². The average molecular weight is 444 g/mol. The fraction of sp³-hybridized carbons (Fsp3) is 0.190. The monoisotopic (exact) mass is 443 g/mol. The number of methoxy groups -OCH3 is 2. The van der Waals surface area contributed by atoms with Gasteiger partial charge in [-0.2, -0.15) is 0 Å². The molecular weight excluding hydrogens is 426 g/mol. The van der Waals surface area contributed by atoms with Crippen molar-refractivity contribution in [3.63, 3.8) is 0 Å². The lowest BCUT2D eigenvalue weighted by Crippen LogP contribution is -2.14. The summed E-state index contributed by atoms with van der Waals surface area (Å²) in [4.78, 5) is 19.9. The van der Waals surface area contributed by atoms with E-state index in [4.69, 9.17) is 25.6 Å². The molecule has 0 fully saturated rings. The molecule has 4 rings (SSSR count). The van der Waals surface area contributed by atoms with Crippen molar-refractivity contribution in [2.45, 2.75) is 13.8 Å². The molecule has 0 spiro atoms. The van der Waals surface area contributed by atoms with Crippen LogP contribution in [0.1, 0.15) is 20.9 Å². The van der Waals surface area contributed by atoms with Crippen molar-refractivity contribution >= 4 is 45.6 Å². The second-order valence-electron chi connectivity index (χ2n) is 6.55. The van der Waals surface area contributed by atoms with Crippen LogP contribution in [0, 0.1) is 13.8 Å². The minimum Gasteiger partial charge on any atom is -0.495 e. The van der Waals surface area contributed by atoms with Crippen LogP contribution in [0.15, 0.2) is 34.9 Å².